The smallest absolute Gasteiger partial charge is 0.221 e. The second-order valence-corrected chi connectivity index (χ2v) is 5.46. The van der Waals surface area contributed by atoms with Gasteiger partial charge in [0, 0.05) is 18.7 Å². The van der Waals surface area contributed by atoms with Gasteiger partial charge in [-0.25, -0.2) is 0 Å². The standard InChI is InChI=1S/C15H22N2O4/c1-10(18)16-13-6-5-11(7-14(13)19-4)17-12-8-20-15(2,3)21-9-12/h5-7,12,17H,8-9H2,1-4H3,(H,16,18). The quantitative estimate of drug-likeness (QED) is 0.891. The van der Waals surface area contributed by atoms with Gasteiger partial charge in [0.15, 0.2) is 5.79 Å². The predicted molar refractivity (Wildman–Crippen MR) is 80.7 cm³/mol. The number of hydrogen-bond donors (Lipinski definition) is 2. The van der Waals surface area contributed by atoms with Crippen LogP contribution in [0.5, 0.6) is 5.75 Å². The summed E-state index contributed by atoms with van der Waals surface area (Å²) in [6, 6.07) is 5.60. The molecule has 0 spiro atoms. The summed E-state index contributed by atoms with van der Waals surface area (Å²) < 4.78 is 16.5. The Kier molecular flexibility index (Phi) is 4.69. The number of nitrogens with one attached hydrogen (secondary N) is 2. The highest BCUT2D eigenvalue weighted by atomic mass is 16.7. The molecule has 0 aromatic heterocycles. The van der Waals surface area contributed by atoms with Gasteiger partial charge in [-0.1, -0.05) is 0 Å². The second kappa shape index (κ2) is 6.32. The molecule has 6 nitrogen and oxygen atoms in total. The van der Waals surface area contributed by atoms with Crippen LogP contribution in [0.25, 0.3) is 0 Å². The monoisotopic (exact) mass is 294 g/mol. The summed E-state index contributed by atoms with van der Waals surface area (Å²) in [7, 11) is 1.57. The summed E-state index contributed by atoms with van der Waals surface area (Å²) in [5.74, 6) is -0.0519. The van der Waals surface area contributed by atoms with E-state index in [1.54, 1.807) is 13.2 Å². The second-order valence-electron chi connectivity index (χ2n) is 5.46. The third kappa shape index (κ3) is 4.34. The molecule has 0 bridgehead atoms. The Hall–Kier alpha value is -1.79. The predicted octanol–water partition coefficient (Wildman–Crippen LogP) is 2.22. The Bertz CT molecular complexity index is 506. The van der Waals surface area contributed by atoms with Gasteiger partial charge in [-0.3, -0.25) is 4.79 Å². The Balaban J connectivity index is 2.02. The summed E-state index contributed by atoms with van der Waals surface area (Å²) in [4.78, 5) is 11.1. The fourth-order valence-electron chi connectivity index (χ4n) is 2.09. The molecule has 1 aromatic rings. The van der Waals surface area contributed by atoms with Crippen LogP contribution in [0.3, 0.4) is 0 Å². The minimum Gasteiger partial charge on any atom is -0.494 e. The molecule has 0 unspecified atom stereocenters. The lowest BCUT2D eigenvalue weighted by Crippen LogP contribution is -2.45. The Morgan fingerprint density at radius 3 is 2.57 bits per heavy atom. The van der Waals surface area contributed by atoms with Crippen LogP contribution >= 0.6 is 0 Å². The van der Waals surface area contributed by atoms with Crippen molar-refractivity contribution in [2.75, 3.05) is 31.0 Å². The van der Waals surface area contributed by atoms with Crippen LogP contribution in [0.15, 0.2) is 18.2 Å². The summed E-state index contributed by atoms with van der Waals surface area (Å²) in [6.07, 6.45) is 0. The average molecular weight is 294 g/mol. The highest BCUT2D eigenvalue weighted by Gasteiger charge is 2.28. The lowest BCUT2D eigenvalue weighted by atomic mass is 10.2. The number of benzene rings is 1. The maximum absolute atomic E-state index is 11.1. The fraction of sp³-hybridized carbons (Fsp3) is 0.533. The number of ether oxygens (including phenoxy) is 3. The van der Waals surface area contributed by atoms with Crippen molar-refractivity contribution in [3.63, 3.8) is 0 Å². The Morgan fingerprint density at radius 1 is 1.33 bits per heavy atom. The lowest BCUT2D eigenvalue weighted by molar-refractivity contribution is -0.247. The summed E-state index contributed by atoms with van der Waals surface area (Å²) in [6.45, 7) is 6.40. The highest BCUT2D eigenvalue weighted by Crippen LogP contribution is 2.29. The molecule has 6 heteroatoms. The Labute approximate surface area is 124 Å². The van der Waals surface area contributed by atoms with Crippen molar-refractivity contribution in [2.45, 2.75) is 32.6 Å². The molecule has 2 rings (SSSR count). The SMILES string of the molecule is COc1cc(NC2COC(C)(C)OC2)ccc1NC(C)=O. The molecule has 0 saturated carbocycles. The number of amides is 1. The van der Waals surface area contributed by atoms with Gasteiger partial charge in [-0.2, -0.15) is 0 Å². The van der Waals surface area contributed by atoms with Crippen molar-refractivity contribution in [3.05, 3.63) is 18.2 Å². The third-order valence-corrected chi connectivity index (χ3v) is 3.15. The molecule has 1 amide bonds. The molecule has 1 fully saturated rings. The normalized spacial score (nSPS) is 18.1. The molecule has 1 aliphatic rings. The van der Waals surface area contributed by atoms with Crippen LogP contribution in [-0.4, -0.2) is 38.1 Å². The van der Waals surface area contributed by atoms with Crippen molar-refractivity contribution >= 4 is 17.3 Å². The molecule has 21 heavy (non-hydrogen) atoms. The van der Waals surface area contributed by atoms with Crippen molar-refractivity contribution in [1.82, 2.24) is 0 Å². The van der Waals surface area contributed by atoms with E-state index in [1.807, 2.05) is 26.0 Å². The van der Waals surface area contributed by atoms with Gasteiger partial charge in [-0.05, 0) is 26.0 Å². The molecular formula is C15H22N2O4. The third-order valence-electron chi connectivity index (χ3n) is 3.15. The molecule has 0 radical (unpaired) electrons. The van der Waals surface area contributed by atoms with E-state index in [-0.39, 0.29) is 11.9 Å². The molecule has 1 aromatic carbocycles. The van der Waals surface area contributed by atoms with Gasteiger partial charge in [0.05, 0.1) is 32.1 Å². The molecule has 0 aliphatic carbocycles. The maximum Gasteiger partial charge on any atom is 0.221 e. The summed E-state index contributed by atoms with van der Waals surface area (Å²) in [5, 5.41) is 6.06. The van der Waals surface area contributed by atoms with Crippen LogP contribution in [0, 0.1) is 0 Å². The summed E-state index contributed by atoms with van der Waals surface area (Å²) >= 11 is 0. The largest absolute Gasteiger partial charge is 0.494 e. The van der Waals surface area contributed by atoms with Crippen LogP contribution in [0.4, 0.5) is 11.4 Å². The van der Waals surface area contributed by atoms with E-state index in [4.69, 9.17) is 14.2 Å². The van der Waals surface area contributed by atoms with Gasteiger partial charge >= 0.3 is 0 Å². The number of anilines is 2. The van der Waals surface area contributed by atoms with Crippen LogP contribution in [0.2, 0.25) is 0 Å². The number of methoxy groups -OCH3 is 1. The molecular weight excluding hydrogens is 272 g/mol. The van der Waals surface area contributed by atoms with E-state index in [0.29, 0.717) is 24.7 Å². The first-order chi connectivity index (χ1) is 9.89. The van der Waals surface area contributed by atoms with Crippen LogP contribution < -0.4 is 15.4 Å². The molecule has 1 saturated heterocycles. The van der Waals surface area contributed by atoms with Gasteiger partial charge in [0.2, 0.25) is 5.91 Å². The van der Waals surface area contributed by atoms with Gasteiger partial charge in [0.25, 0.3) is 0 Å². The Morgan fingerprint density at radius 2 is 2.00 bits per heavy atom. The molecule has 116 valence electrons. The van der Waals surface area contributed by atoms with Gasteiger partial charge in [0.1, 0.15) is 5.75 Å². The molecule has 1 heterocycles. The maximum atomic E-state index is 11.1. The first-order valence-electron chi connectivity index (χ1n) is 6.90. The summed E-state index contributed by atoms with van der Waals surface area (Å²) in [5.41, 5.74) is 1.53. The van der Waals surface area contributed by atoms with E-state index >= 15 is 0 Å². The van der Waals surface area contributed by atoms with Gasteiger partial charge < -0.3 is 24.8 Å². The molecule has 1 aliphatic heterocycles. The zero-order chi connectivity index (χ0) is 15.5. The van der Waals surface area contributed by atoms with E-state index in [1.165, 1.54) is 6.92 Å². The van der Waals surface area contributed by atoms with Crippen molar-refractivity contribution in [1.29, 1.82) is 0 Å². The minimum absolute atomic E-state index is 0.0781. The highest BCUT2D eigenvalue weighted by molar-refractivity contribution is 5.90. The minimum atomic E-state index is -0.523. The molecule has 0 atom stereocenters. The number of carbonyl (C=O) groups excluding carboxylic acids is 1. The fourth-order valence-corrected chi connectivity index (χ4v) is 2.09. The van der Waals surface area contributed by atoms with E-state index in [0.717, 1.165) is 5.69 Å². The van der Waals surface area contributed by atoms with E-state index in [2.05, 4.69) is 10.6 Å². The van der Waals surface area contributed by atoms with Crippen molar-refractivity contribution in [2.24, 2.45) is 0 Å². The zero-order valence-corrected chi connectivity index (χ0v) is 12.9. The van der Waals surface area contributed by atoms with Crippen LogP contribution in [0.1, 0.15) is 20.8 Å². The zero-order valence-electron chi connectivity index (χ0n) is 12.9. The first kappa shape index (κ1) is 15.6. The average Bonchev–Trinajstić information content (AvgIpc) is 2.42. The topological polar surface area (TPSA) is 68.8 Å². The number of carbonyl (C=O) groups is 1. The first-order valence-corrected chi connectivity index (χ1v) is 6.90. The lowest BCUT2D eigenvalue weighted by Gasteiger charge is -2.35. The van der Waals surface area contributed by atoms with Gasteiger partial charge in [-0.15, -0.1) is 0 Å². The van der Waals surface area contributed by atoms with E-state index in [9.17, 15) is 4.79 Å². The number of rotatable bonds is 4. The van der Waals surface area contributed by atoms with E-state index < -0.39 is 5.79 Å². The van der Waals surface area contributed by atoms with Crippen molar-refractivity contribution in [3.8, 4) is 5.75 Å². The van der Waals surface area contributed by atoms with Crippen LogP contribution in [-0.2, 0) is 14.3 Å². The molecule has 2 N–H and O–H groups in total. The van der Waals surface area contributed by atoms with Crippen molar-refractivity contribution < 1.29 is 19.0 Å². The number of hydrogen-bond acceptors (Lipinski definition) is 5.